The number of anilines is 1. The molecule has 1 unspecified atom stereocenters. The molecule has 0 aliphatic carbocycles. The molecule has 0 saturated carbocycles. The van der Waals surface area contributed by atoms with Gasteiger partial charge >= 0.3 is 0 Å². The van der Waals surface area contributed by atoms with Crippen LogP contribution in [0.2, 0.25) is 5.28 Å². The van der Waals surface area contributed by atoms with E-state index in [9.17, 15) is 0 Å². The second kappa shape index (κ2) is 5.46. The Labute approximate surface area is 101 Å². The number of hydrogen-bond acceptors (Lipinski definition) is 4. The number of aromatic nitrogens is 2. The van der Waals surface area contributed by atoms with Gasteiger partial charge in [0.1, 0.15) is 5.82 Å². The van der Waals surface area contributed by atoms with Gasteiger partial charge < -0.3 is 9.64 Å². The Balaban J connectivity index is 1.94. The van der Waals surface area contributed by atoms with Crippen LogP contribution in [0, 0.1) is 0 Å². The summed E-state index contributed by atoms with van der Waals surface area (Å²) in [7, 11) is 2.00. The summed E-state index contributed by atoms with van der Waals surface area (Å²) in [4.78, 5) is 10.1. The third kappa shape index (κ3) is 3.06. The number of likely N-dealkylation sites (N-methyl/N-ethyl adjacent to an activating group) is 1. The van der Waals surface area contributed by atoms with Crippen molar-refractivity contribution in [2.75, 3.05) is 25.1 Å². The van der Waals surface area contributed by atoms with Crippen LogP contribution < -0.4 is 4.90 Å². The summed E-state index contributed by atoms with van der Waals surface area (Å²) in [5, 5.41) is 0.286. The van der Waals surface area contributed by atoms with E-state index in [1.807, 2.05) is 13.1 Å². The van der Waals surface area contributed by atoms with E-state index in [1.165, 1.54) is 12.8 Å². The predicted molar refractivity (Wildman–Crippen MR) is 63.9 cm³/mol. The van der Waals surface area contributed by atoms with Crippen molar-refractivity contribution in [2.24, 2.45) is 0 Å². The third-order valence-corrected chi connectivity index (χ3v) is 2.94. The van der Waals surface area contributed by atoms with Crippen LogP contribution in [0.25, 0.3) is 0 Å². The molecule has 1 fully saturated rings. The van der Waals surface area contributed by atoms with Crippen molar-refractivity contribution >= 4 is 17.4 Å². The summed E-state index contributed by atoms with van der Waals surface area (Å²) < 4.78 is 5.68. The van der Waals surface area contributed by atoms with Gasteiger partial charge in [0, 0.05) is 26.4 Å². The maximum atomic E-state index is 5.75. The van der Waals surface area contributed by atoms with Gasteiger partial charge in [-0.25, -0.2) is 9.97 Å². The van der Waals surface area contributed by atoms with Crippen LogP contribution in [0.1, 0.15) is 19.3 Å². The summed E-state index contributed by atoms with van der Waals surface area (Å²) >= 11 is 5.75. The second-order valence-corrected chi connectivity index (χ2v) is 4.39. The largest absolute Gasteiger partial charge is 0.376 e. The minimum atomic E-state index is 0.286. The zero-order valence-electron chi connectivity index (χ0n) is 9.40. The quantitative estimate of drug-likeness (QED) is 0.760. The van der Waals surface area contributed by atoms with E-state index in [4.69, 9.17) is 16.3 Å². The highest BCUT2D eigenvalue weighted by Gasteiger charge is 2.16. The highest BCUT2D eigenvalue weighted by Crippen LogP contribution is 2.16. The Morgan fingerprint density at radius 1 is 1.56 bits per heavy atom. The maximum absolute atomic E-state index is 5.75. The summed E-state index contributed by atoms with van der Waals surface area (Å²) in [6, 6.07) is 1.86. The molecule has 1 aliphatic rings. The normalized spacial score (nSPS) is 20.8. The molecule has 1 aromatic rings. The molecule has 0 aromatic carbocycles. The Morgan fingerprint density at radius 3 is 3.12 bits per heavy atom. The Morgan fingerprint density at radius 2 is 2.44 bits per heavy atom. The molecule has 5 heteroatoms. The van der Waals surface area contributed by atoms with Crippen LogP contribution in [0.3, 0.4) is 0 Å². The van der Waals surface area contributed by atoms with Crippen molar-refractivity contribution in [3.05, 3.63) is 17.5 Å². The number of nitrogens with zero attached hydrogens (tertiary/aromatic N) is 3. The van der Waals surface area contributed by atoms with E-state index in [0.717, 1.165) is 25.4 Å². The van der Waals surface area contributed by atoms with Crippen molar-refractivity contribution in [1.82, 2.24) is 9.97 Å². The lowest BCUT2D eigenvalue weighted by atomic mass is 10.1. The van der Waals surface area contributed by atoms with E-state index in [-0.39, 0.29) is 5.28 Å². The average Bonchev–Trinajstić information content (AvgIpc) is 2.30. The third-order valence-electron chi connectivity index (χ3n) is 2.75. The molecule has 1 atom stereocenters. The SMILES string of the molecule is CN(CC1CCCCO1)c1ccnc(Cl)n1. The van der Waals surface area contributed by atoms with Crippen molar-refractivity contribution in [2.45, 2.75) is 25.4 Å². The van der Waals surface area contributed by atoms with Gasteiger partial charge in [-0.2, -0.15) is 0 Å². The number of ether oxygens (including phenoxy) is 1. The molecular weight excluding hydrogens is 226 g/mol. The van der Waals surface area contributed by atoms with E-state index >= 15 is 0 Å². The summed E-state index contributed by atoms with van der Waals surface area (Å²) in [5.74, 6) is 0.842. The number of rotatable bonds is 3. The minimum absolute atomic E-state index is 0.286. The first-order valence-corrected chi connectivity index (χ1v) is 5.95. The van der Waals surface area contributed by atoms with E-state index in [0.29, 0.717) is 6.10 Å². The Hall–Kier alpha value is -0.870. The standard InChI is InChI=1S/C11H16ClN3O/c1-15(8-9-4-2-3-7-16-9)10-5-6-13-11(12)14-10/h5-6,9H,2-4,7-8H2,1H3. The molecular formula is C11H16ClN3O. The molecule has 88 valence electrons. The summed E-state index contributed by atoms with van der Waals surface area (Å²) in [6.07, 6.45) is 5.54. The fourth-order valence-electron chi connectivity index (χ4n) is 1.89. The van der Waals surface area contributed by atoms with Crippen LogP contribution >= 0.6 is 11.6 Å². The first-order chi connectivity index (χ1) is 7.75. The molecule has 4 nitrogen and oxygen atoms in total. The lowest BCUT2D eigenvalue weighted by molar-refractivity contribution is 0.0215. The number of halogens is 1. The fourth-order valence-corrected chi connectivity index (χ4v) is 2.03. The topological polar surface area (TPSA) is 38.2 Å². The van der Waals surface area contributed by atoms with Gasteiger partial charge in [0.05, 0.1) is 6.10 Å². The summed E-state index contributed by atoms with van der Waals surface area (Å²) in [5.41, 5.74) is 0. The molecule has 1 aliphatic heterocycles. The van der Waals surface area contributed by atoms with Crippen LogP contribution in [0.15, 0.2) is 12.3 Å². The smallest absolute Gasteiger partial charge is 0.224 e. The molecule has 0 N–H and O–H groups in total. The molecule has 2 rings (SSSR count). The lowest BCUT2D eigenvalue weighted by Gasteiger charge is -2.27. The fraction of sp³-hybridized carbons (Fsp3) is 0.636. The van der Waals surface area contributed by atoms with Gasteiger partial charge in [-0.05, 0) is 36.9 Å². The van der Waals surface area contributed by atoms with Gasteiger partial charge in [-0.1, -0.05) is 0 Å². The zero-order chi connectivity index (χ0) is 11.4. The van der Waals surface area contributed by atoms with E-state index in [2.05, 4.69) is 14.9 Å². The predicted octanol–water partition coefficient (Wildman–Crippen LogP) is 2.14. The summed E-state index contributed by atoms with van der Waals surface area (Å²) in [6.45, 7) is 1.73. The van der Waals surface area contributed by atoms with Gasteiger partial charge in [0.15, 0.2) is 0 Å². The van der Waals surface area contributed by atoms with Crippen molar-refractivity contribution in [3.63, 3.8) is 0 Å². The molecule has 0 bridgehead atoms. The first kappa shape index (κ1) is 11.6. The zero-order valence-corrected chi connectivity index (χ0v) is 10.2. The number of hydrogen-bond donors (Lipinski definition) is 0. The van der Waals surface area contributed by atoms with Crippen molar-refractivity contribution in [1.29, 1.82) is 0 Å². The highest BCUT2D eigenvalue weighted by atomic mass is 35.5. The monoisotopic (exact) mass is 241 g/mol. The minimum Gasteiger partial charge on any atom is -0.376 e. The molecule has 16 heavy (non-hydrogen) atoms. The van der Waals surface area contributed by atoms with Gasteiger partial charge in [-0.15, -0.1) is 0 Å². The average molecular weight is 242 g/mol. The van der Waals surface area contributed by atoms with E-state index in [1.54, 1.807) is 6.20 Å². The van der Waals surface area contributed by atoms with Gasteiger partial charge in [0.25, 0.3) is 0 Å². The van der Waals surface area contributed by atoms with Gasteiger partial charge in [-0.3, -0.25) is 0 Å². The lowest BCUT2D eigenvalue weighted by Crippen LogP contribution is -2.33. The Kier molecular flexibility index (Phi) is 3.96. The molecule has 2 heterocycles. The molecule has 0 amide bonds. The molecule has 0 spiro atoms. The van der Waals surface area contributed by atoms with Crippen LogP contribution in [0.4, 0.5) is 5.82 Å². The molecule has 1 saturated heterocycles. The molecule has 0 radical (unpaired) electrons. The van der Waals surface area contributed by atoms with Crippen molar-refractivity contribution < 1.29 is 4.74 Å². The van der Waals surface area contributed by atoms with Gasteiger partial charge in [0.2, 0.25) is 5.28 Å². The van der Waals surface area contributed by atoms with Crippen LogP contribution in [-0.4, -0.2) is 36.3 Å². The Bertz CT molecular complexity index is 342. The van der Waals surface area contributed by atoms with Crippen LogP contribution in [-0.2, 0) is 4.74 Å². The second-order valence-electron chi connectivity index (χ2n) is 4.05. The first-order valence-electron chi connectivity index (χ1n) is 5.57. The van der Waals surface area contributed by atoms with Crippen LogP contribution in [0.5, 0.6) is 0 Å². The molecule has 1 aromatic heterocycles. The van der Waals surface area contributed by atoms with Crippen molar-refractivity contribution in [3.8, 4) is 0 Å². The highest BCUT2D eigenvalue weighted by molar-refractivity contribution is 6.28. The maximum Gasteiger partial charge on any atom is 0.224 e. The van der Waals surface area contributed by atoms with E-state index < -0.39 is 0 Å².